The molecule has 0 radical (unpaired) electrons. The number of ether oxygens (including phenoxy) is 1. The van der Waals surface area contributed by atoms with Gasteiger partial charge in [-0.25, -0.2) is 0 Å². The lowest BCUT2D eigenvalue weighted by Gasteiger charge is -2.35. The van der Waals surface area contributed by atoms with Gasteiger partial charge in [-0.05, 0) is 38.1 Å². The molecular formula is C16H28N2O2. The van der Waals surface area contributed by atoms with E-state index in [0.29, 0.717) is 12.0 Å². The van der Waals surface area contributed by atoms with E-state index in [0.717, 1.165) is 51.6 Å². The molecule has 1 saturated heterocycles. The molecule has 0 aromatic carbocycles. The van der Waals surface area contributed by atoms with Crippen LogP contribution in [0.1, 0.15) is 32.4 Å². The van der Waals surface area contributed by atoms with E-state index >= 15 is 0 Å². The van der Waals surface area contributed by atoms with E-state index in [4.69, 9.17) is 9.15 Å². The van der Waals surface area contributed by atoms with Gasteiger partial charge >= 0.3 is 0 Å². The summed E-state index contributed by atoms with van der Waals surface area (Å²) in [5, 5.41) is 3.68. The highest BCUT2D eigenvalue weighted by molar-refractivity contribution is 4.98. The Morgan fingerprint density at radius 1 is 1.40 bits per heavy atom. The quantitative estimate of drug-likeness (QED) is 0.794. The summed E-state index contributed by atoms with van der Waals surface area (Å²) in [7, 11) is 0. The Balaban J connectivity index is 1.86. The Kier molecular flexibility index (Phi) is 6.57. The van der Waals surface area contributed by atoms with Crippen molar-refractivity contribution < 1.29 is 9.15 Å². The minimum atomic E-state index is 0.574. The smallest absolute Gasteiger partial charge is 0.117 e. The lowest BCUT2D eigenvalue weighted by atomic mass is 9.95. The number of furan rings is 1. The second-order valence-electron chi connectivity index (χ2n) is 5.59. The van der Waals surface area contributed by atoms with Crippen molar-refractivity contribution in [2.75, 3.05) is 32.8 Å². The summed E-state index contributed by atoms with van der Waals surface area (Å²) in [6.45, 7) is 10.3. The molecule has 4 nitrogen and oxygen atoms in total. The van der Waals surface area contributed by atoms with Gasteiger partial charge in [-0.2, -0.15) is 0 Å². The summed E-state index contributed by atoms with van der Waals surface area (Å²) in [4.78, 5) is 2.44. The van der Waals surface area contributed by atoms with Crippen LogP contribution in [0.15, 0.2) is 22.8 Å². The highest BCUT2D eigenvalue weighted by Crippen LogP contribution is 2.18. The highest BCUT2D eigenvalue weighted by atomic mass is 16.5. The van der Waals surface area contributed by atoms with Crippen LogP contribution in [-0.4, -0.2) is 43.8 Å². The van der Waals surface area contributed by atoms with Gasteiger partial charge in [0.05, 0.1) is 19.4 Å². The van der Waals surface area contributed by atoms with Crippen molar-refractivity contribution in [1.29, 1.82) is 0 Å². The van der Waals surface area contributed by atoms with Crippen LogP contribution < -0.4 is 5.32 Å². The molecule has 1 N–H and O–H groups in total. The van der Waals surface area contributed by atoms with Crippen molar-refractivity contribution in [2.24, 2.45) is 5.92 Å². The number of rotatable bonds is 8. The topological polar surface area (TPSA) is 37.6 Å². The van der Waals surface area contributed by atoms with Crippen molar-refractivity contribution in [2.45, 2.75) is 39.3 Å². The van der Waals surface area contributed by atoms with Crippen molar-refractivity contribution >= 4 is 0 Å². The summed E-state index contributed by atoms with van der Waals surface area (Å²) < 4.78 is 11.1. The Hall–Kier alpha value is -0.840. The van der Waals surface area contributed by atoms with Crippen LogP contribution in [0, 0.1) is 5.92 Å². The van der Waals surface area contributed by atoms with Crippen molar-refractivity contribution in [3.8, 4) is 0 Å². The average molecular weight is 280 g/mol. The summed E-state index contributed by atoms with van der Waals surface area (Å²) in [6, 6.07) is 4.60. The van der Waals surface area contributed by atoms with Gasteiger partial charge in [0.25, 0.3) is 0 Å². The highest BCUT2D eigenvalue weighted by Gasteiger charge is 2.26. The Bertz CT molecular complexity index is 353. The summed E-state index contributed by atoms with van der Waals surface area (Å²) in [5.41, 5.74) is 0. The molecule has 2 heterocycles. The van der Waals surface area contributed by atoms with Crippen LogP contribution in [-0.2, 0) is 11.3 Å². The normalized spacial score (nSPS) is 23.4. The molecule has 0 bridgehead atoms. The fraction of sp³-hybridized carbons (Fsp3) is 0.750. The fourth-order valence-electron chi connectivity index (χ4n) is 2.84. The minimum Gasteiger partial charge on any atom is -0.468 e. The summed E-state index contributed by atoms with van der Waals surface area (Å²) in [6.07, 6.45) is 4.06. The van der Waals surface area contributed by atoms with Gasteiger partial charge in [0.1, 0.15) is 5.76 Å². The summed E-state index contributed by atoms with van der Waals surface area (Å²) >= 11 is 0. The molecule has 0 amide bonds. The molecule has 2 rings (SSSR count). The molecule has 0 saturated carbocycles. The van der Waals surface area contributed by atoms with Crippen LogP contribution >= 0.6 is 0 Å². The van der Waals surface area contributed by atoms with Gasteiger partial charge in [0.15, 0.2) is 0 Å². The maximum Gasteiger partial charge on any atom is 0.117 e. The molecule has 2 unspecified atom stereocenters. The molecule has 0 aliphatic carbocycles. The molecular weight excluding hydrogens is 252 g/mol. The second-order valence-corrected chi connectivity index (χ2v) is 5.59. The van der Waals surface area contributed by atoms with Crippen LogP contribution in [0.2, 0.25) is 0 Å². The van der Waals surface area contributed by atoms with Crippen LogP contribution in [0.25, 0.3) is 0 Å². The number of hydrogen-bond acceptors (Lipinski definition) is 4. The maximum atomic E-state index is 5.68. The number of nitrogens with zero attached hydrogens (tertiary/aromatic N) is 1. The molecule has 0 spiro atoms. The number of nitrogens with one attached hydrogen (secondary N) is 1. The molecule has 20 heavy (non-hydrogen) atoms. The Labute approximate surface area is 122 Å². The Morgan fingerprint density at radius 2 is 2.30 bits per heavy atom. The third-order valence-electron chi connectivity index (χ3n) is 4.03. The predicted molar refractivity (Wildman–Crippen MR) is 80.7 cm³/mol. The maximum absolute atomic E-state index is 5.68. The van der Waals surface area contributed by atoms with Crippen molar-refractivity contribution in [3.05, 3.63) is 24.2 Å². The van der Waals surface area contributed by atoms with Crippen molar-refractivity contribution in [3.63, 3.8) is 0 Å². The third-order valence-corrected chi connectivity index (χ3v) is 4.03. The van der Waals surface area contributed by atoms with E-state index in [1.807, 2.05) is 12.1 Å². The van der Waals surface area contributed by atoms with Crippen LogP contribution in [0.3, 0.4) is 0 Å². The first-order valence-electron chi connectivity index (χ1n) is 7.89. The first-order valence-corrected chi connectivity index (χ1v) is 7.89. The zero-order valence-electron chi connectivity index (χ0n) is 12.8. The van der Waals surface area contributed by atoms with Gasteiger partial charge < -0.3 is 14.5 Å². The first-order chi connectivity index (χ1) is 9.83. The molecule has 4 heteroatoms. The lowest BCUT2D eigenvalue weighted by molar-refractivity contribution is 0.0153. The standard InChI is InChI=1S/C16H28N2O2/c1-3-8-17-16-7-10-19-13-14(16)11-18(4-2)12-15-6-5-9-20-15/h5-6,9,14,16-17H,3-4,7-8,10-13H2,1-2H3. The van der Waals surface area contributed by atoms with E-state index in [1.165, 1.54) is 6.42 Å². The van der Waals surface area contributed by atoms with E-state index in [-0.39, 0.29) is 0 Å². The van der Waals surface area contributed by atoms with E-state index in [2.05, 4.69) is 24.1 Å². The van der Waals surface area contributed by atoms with Gasteiger partial charge in [-0.1, -0.05) is 13.8 Å². The molecule has 1 aromatic heterocycles. The molecule has 1 aliphatic heterocycles. The van der Waals surface area contributed by atoms with E-state index in [9.17, 15) is 0 Å². The SMILES string of the molecule is CCCNC1CCOCC1CN(CC)Cc1ccco1. The zero-order chi connectivity index (χ0) is 14.2. The van der Waals surface area contributed by atoms with Crippen LogP contribution in [0.5, 0.6) is 0 Å². The van der Waals surface area contributed by atoms with Crippen LogP contribution in [0.4, 0.5) is 0 Å². The number of hydrogen-bond donors (Lipinski definition) is 1. The third kappa shape index (κ3) is 4.62. The fourth-order valence-corrected chi connectivity index (χ4v) is 2.84. The van der Waals surface area contributed by atoms with Gasteiger partial charge in [-0.15, -0.1) is 0 Å². The molecule has 1 fully saturated rings. The monoisotopic (exact) mass is 280 g/mol. The molecule has 114 valence electrons. The zero-order valence-corrected chi connectivity index (χ0v) is 12.8. The van der Waals surface area contributed by atoms with E-state index in [1.54, 1.807) is 6.26 Å². The average Bonchev–Trinajstić information content (AvgIpc) is 2.98. The summed E-state index contributed by atoms with van der Waals surface area (Å²) in [5.74, 6) is 1.62. The van der Waals surface area contributed by atoms with Gasteiger partial charge in [0, 0.05) is 25.1 Å². The Morgan fingerprint density at radius 3 is 3.00 bits per heavy atom. The first kappa shape index (κ1) is 15.5. The lowest BCUT2D eigenvalue weighted by Crippen LogP contribution is -2.47. The molecule has 1 aromatic rings. The van der Waals surface area contributed by atoms with E-state index < -0.39 is 0 Å². The minimum absolute atomic E-state index is 0.574. The van der Waals surface area contributed by atoms with Crippen molar-refractivity contribution in [1.82, 2.24) is 10.2 Å². The molecule has 2 atom stereocenters. The largest absolute Gasteiger partial charge is 0.468 e. The second kappa shape index (κ2) is 8.45. The van der Waals surface area contributed by atoms with Gasteiger partial charge in [0.2, 0.25) is 0 Å². The molecule has 1 aliphatic rings. The predicted octanol–water partition coefficient (Wildman–Crippen LogP) is 2.51. The van der Waals surface area contributed by atoms with Gasteiger partial charge in [-0.3, -0.25) is 4.90 Å².